The van der Waals surface area contributed by atoms with Gasteiger partial charge in [0, 0.05) is 38.8 Å². The van der Waals surface area contributed by atoms with Crippen molar-refractivity contribution in [2.75, 3.05) is 11.1 Å². The summed E-state index contributed by atoms with van der Waals surface area (Å²) < 4.78 is 22.9. The molecule has 3 aromatic rings. The number of anilines is 3. The van der Waals surface area contributed by atoms with Gasteiger partial charge in [-0.1, -0.05) is 6.07 Å². The minimum Gasteiger partial charge on any atom is -0.399 e. The number of aromatic nitrogens is 2. The quantitative estimate of drug-likeness (QED) is 0.567. The fraction of sp³-hybridized carbons (Fsp3) is 0.0667. The third kappa shape index (κ3) is 2.62. The summed E-state index contributed by atoms with van der Waals surface area (Å²) in [4.78, 5) is 8.54. The number of hydrogen-bond donors (Lipinski definition) is 2. The summed E-state index contributed by atoms with van der Waals surface area (Å²) in [6.45, 7) is -2.22. The molecule has 0 aliphatic rings. The van der Waals surface area contributed by atoms with E-state index in [-0.39, 0.29) is 5.56 Å². The fourth-order valence-corrected chi connectivity index (χ4v) is 2.49. The highest BCUT2D eigenvalue weighted by Crippen LogP contribution is 2.28. The van der Waals surface area contributed by atoms with Gasteiger partial charge in [0.1, 0.15) is 0 Å². The summed E-state index contributed by atoms with van der Waals surface area (Å²) >= 11 is 1.39. The van der Waals surface area contributed by atoms with Gasteiger partial charge in [-0.25, -0.2) is 4.98 Å². The highest BCUT2D eigenvalue weighted by molar-refractivity contribution is 7.14. The Hall–Kier alpha value is -2.40. The van der Waals surface area contributed by atoms with Gasteiger partial charge in [-0.2, -0.15) is 0 Å². The van der Waals surface area contributed by atoms with E-state index in [9.17, 15) is 0 Å². The normalized spacial score (nSPS) is 13.3. The maximum absolute atomic E-state index is 7.62. The lowest BCUT2D eigenvalue weighted by Gasteiger charge is -2.07. The number of nitrogens with two attached hydrogens (primary N) is 1. The Kier molecular flexibility index (Phi) is 2.52. The predicted molar refractivity (Wildman–Crippen MR) is 84.2 cm³/mol. The molecule has 2 heterocycles. The van der Waals surface area contributed by atoms with Crippen molar-refractivity contribution in [1.82, 2.24) is 9.97 Å². The molecule has 3 N–H and O–H groups in total. The molecule has 0 radical (unpaired) electrons. The molecule has 3 rings (SSSR count). The number of thiazole rings is 1. The van der Waals surface area contributed by atoms with Crippen molar-refractivity contribution < 1.29 is 4.11 Å². The molecule has 0 atom stereocenters. The first kappa shape index (κ1) is 9.50. The first-order valence-electron chi connectivity index (χ1n) is 7.46. The van der Waals surface area contributed by atoms with Gasteiger partial charge in [-0.05, 0) is 36.7 Å². The molecule has 0 fully saturated rings. The van der Waals surface area contributed by atoms with E-state index in [1.54, 1.807) is 24.5 Å². The minimum absolute atomic E-state index is 0.213. The van der Waals surface area contributed by atoms with Crippen LogP contribution in [-0.4, -0.2) is 9.97 Å². The number of nitrogens with one attached hydrogen (secondary N) is 1. The van der Waals surface area contributed by atoms with Gasteiger partial charge in [0.15, 0.2) is 5.13 Å². The molecule has 0 bridgehead atoms. The third-order valence-electron chi connectivity index (χ3n) is 2.75. The molecule has 0 amide bonds. The van der Waals surface area contributed by atoms with Gasteiger partial charge in [0.25, 0.3) is 0 Å². The highest BCUT2D eigenvalue weighted by atomic mass is 32.1. The SMILES string of the molecule is [2H][13C]([2H])([2H])c1ccc(N)cc1Nc1nc(-c2cccnc2)cs1. The first-order chi connectivity index (χ1) is 10.9. The van der Waals surface area contributed by atoms with E-state index in [1.807, 2.05) is 17.5 Å². The van der Waals surface area contributed by atoms with Crippen LogP contribution < -0.4 is 11.1 Å². The van der Waals surface area contributed by atoms with Crippen LogP contribution in [0.3, 0.4) is 0 Å². The van der Waals surface area contributed by atoms with Crippen LogP contribution in [0.15, 0.2) is 48.1 Å². The summed E-state index contributed by atoms with van der Waals surface area (Å²) in [5, 5.41) is 5.54. The van der Waals surface area contributed by atoms with Crippen molar-refractivity contribution in [3.05, 3.63) is 53.7 Å². The van der Waals surface area contributed by atoms with Crippen LogP contribution in [0.5, 0.6) is 0 Å². The average molecular weight is 286 g/mol. The zero-order valence-corrected chi connectivity index (χ0v) is 11.3. The Bertz CT molecular complexity index is 815. The summed E-state index contributed by atoms with van der Waals surface area (Å²) in [6, 6.07) is 8.45. The second kappa shape index (κ2) is 5.30. The monoisotopic (exact) mass is 286 g/mol. The molecular formula is C15H14N4S. The number of nitrogens with zero attached hydrogens (tertiary/aromatic N) is 2. The lowest BCUT2D eigenvalue weighted by molar-refractivity contribution is 1.30. The van der Waals surface area contributed by atoms with Gasteiger partial charge in [0.2, 0.25) is 0 Å². The molecule has 1 aromatic carbocycles. The number of aryl methyl sites for hydroxylation is 1. The number of hydrogen-bond acceptors (Lipinski definition) is 5. The van der Waals surface area contributed by atoms with E-state index < -0.39 is 6.85 Å². The van der Waals surface area contributed by atoms with Crippen molar-refractivity contribution in [1.29, 1.82) is 0 Å². The molecule has 5 heteroatoms. The van der Waals surface area contributed by atoms with Gasteiger partial charge < -0.3 is 11.1 Å². The Balaban J connectivity index is 1.91. The van der Waals surface area contributed by atoms with E-state index in [4.69, 9.17) is 9.85 Å². The molecule has 20 heavy (non-hydrogen) atoms. The van der Waals surface area contributed by atoms with Crippen molar-refractivity contribution in [2.45, 2.75) is 6.85 Å². The van der Waals surface area contributed by atoms with Crippen LogP contribution in [0.2, 0.25) is 0 Å². The topological polar surface area (TPSA) is 63.8 Å². The van der Waals surface area contributed by atoms with Crippen molar-refractivity contribution >= 4 is 27.8 Å². The predicted octanol–water partition coefficient (Wildman–Crippen LogP) is 3.84. The smallest absolute Gasteiger partial charge is 0.187 e. The Labute approximate surface area is 125 Å². The first-order valence-corrected chi connectivity index (χ1v) is 6.84. The largest absolute Gasteiger partial charge is 0.399 e. The number of nitrogen functional groups attached to an aromatic ring is 1. The van der Waals surface area contributed by atoms with E-state index in [0.717, 1.165) is 11.3 Å². The van der Waals surface area contributed by atoms with Crippen LogP contribution in [0, 0.1) is 6.85 Å². The average Bonchev–Trinajstić information content (AvgIpc) is 2.95. The summed E-state index contributed by atoms with van der Waals surface area (Å²) in [5.41, 5.74) is 8.60. The lowest BCUT2D eigenvalue weighted by Crippen LogP contribution is -1.94. The Morgan fingerprint density at radius 3 is 3.10 bits per heavy atom. The van der Waals surface area contributed by atoms with E-state index in [0.29, 0.717) is 16.5 Å². The van der Waals surface area contributed by atoms with E-state index >= 15 is 0 Å². The maximum Gasteiger partial charge on any atom is 0.187 e. The van der Waals surface area contributed by atoms with Gasteiger partial charge >= 0.3 is 0 Å². The Morgan fingerprint density at radius 2 is 2.30 bits per heavy atom. The van der Waals surface area contributed by atoms with Crippen molar-refractivity contribution in [3.63, 3.8) is 0 Å². The summed E-state index contributed by atoms with van der Waals surface area (Å²) in [6.07, 6.45) is 3.43. The zero-order valence-electron chi connectivity index (χ0n) is 13.5. The molecule has 0 saturated carbocycles. The molecular weight excluding hydrogens is 269 g/mol. The lowest BCUT2D eigenvalue weighted by atomic mass is 10.2. The number of rotatable bonds is 3. The van der Waals surface area contributed by atoms with E-state index in [1.165, 1.54) is 17.4 Å². The molecule has 0 aliphatic carbocycles. The maximum atomic E-state index is 7.62. The van der Waals surface area contributed by atoms with Crippen molar-refractivity contribution in [2.24, 2.45) is 0 Å². The van der Waals surface area contributed by atoms with E-state index in [2.05, 4.69) is 15.3 Å². The zero-order chi connectivity index (χ0) is 16.4. The molecule has 0 saturated heterocycles. The number of benzene rings is 1. The molecule has 0 aliphatic heterocycles. The standard InChI is InChI=1S/C15H14N4S/c1-10-4-5-12(16)7-13(10)18-15-19-14(9-20-15)11-3-2-6-17-8-11/h2-9H,16H2,1H3,(H,18,19)/i1+1D3. The van der Waals surface area contributed by atoms with Crippen LogP contribution in [0.4, 0.5) is 16.5 Å². The van der Waals surface area contributed by atoms with Gasteiger partial charge in [-0.15, -0.1) is 11.3 Å². The summed E-state index contributed by atoms with van der Waals surface area (Å²) in [7, 11) is 0. The molecule has 0 unspecified atom stereocenters. The highest BCUT2D eigenvalue weighted by Gasteiger charge is 2.06. The van der Waals surface area contributed by atoms with Crippen LogP contribution in [-0.2, 0) is 0 Å². The molecule has 2 aromatic heterocycles. The molecule has 4 nitrogen and oxygen atoms in total. The second-order valence-electron chi connectivity index (χ2n) is 4.21. The van der Waals surface area contributed by atoms with Crippen LogP contribution in [0.1, 0.15) is 9.68 Å². The van der Waals surface area contributed by atoms with Crippen molar-refractivity contribution in [3.8, 4) is 11.3 Å². The van der Waals surface area contributed by atoms with Crippen LogP contribution in [0.25, 0.3) is 11.3 Å². The number of pyridine rings is 1. The third-order valence-corrected chi connectivity index (χ3v) is 3.50. The van der Waals surface area contributed by atoms with Gasteiger partial charge in [-0.3, -0.25) is 4.98 Å². The molecule has 0 spiro atoms. The van der Waals surface area contributed by atoms with Gasteiger partial charge in [0.05, 0.1) is 5.69 Å². The minimum atomic E-state index is -2.22. The fourth-order valence-electron chi connectivity index (χ4n) is 1.76. The molecule has 100 valence electrons. The summed E-state index contributed by atoms with van der Waals surface area (Å²) in [5.74, 6) is 0. The Morgan fingerprint density at radius 1 is 1.35 bits per heavy atom. The van der Waals surface area contributed by atoms with Crippen LogP contribution >= 0.6 is 11.3 Å². The second-order valence-corrected chi connectivity index (χ2v) is 5.07.